The number of nitrogens with zero attached hydrogens (tertiary/aromatic N) is 3. The number of carbonyl (C=O) groups is 2. The Bertz CT molecular complexity index is 1710. The standard InChI is InChI=1S/C24H17BrCl2F2N4O4S/c1-3-32(2)38(36,37)31-18-8-7-17(28)20(21(18)29)22(34)14-11-33(23-13(14)9-12(25)10-30-23)24(35)19-15(26)5-4-6-16(19)27/h4-11,31H,3H2,1-2H3. The average Bonchev–Trinajstić information content (AvgIpc) is 3.23. The van der Waals surface area contributed by atoms with Crippen LogP contribution in [0.25, 0.3) is 11.0 Å². The highest BCUT2D eigenvalue weighted by molar-refractivity contribution is 9.10. The zero-order chi connectivity index (χ0) is 27.9. The van der Waals surface area contributed by atoms with E-state index in [2.05, 4.69) is 20.9 Å². The summed E-state index contributed by atoms with van der Waals surface area (Å²) in [6, 6.07) is 7.54. The number of aromatic nitrogens is 2. The molecule has 0 amide bonds. The summed E-state index contributed by atoms with van der Waals surface area (Å²) >= 11 is 15.6. The van der Waals surface area contributed by atoms with E-state index in [1.54, 1.807) is 13.0 Å². The van der Waals surface area contributed by atoms with Gasteiger partial charge in [0.2, 0.25) is 5.78 Å². The van der Waals surface area contributed by atoms with Gasteiger partial charge in [0.15, 0.2) is 5.82 Å². The lowest BCUT2D eigenvalue weighted by atomic mass is 10.0. The zero-order valence-corrected chi connectivity index (χ0v) is 23.5. The quantitative estimate of drug-likeness (QED) is 0.252. The van der Waals surface area contributed by atoms with Crippen molar-refractivity contribution in [2.24, 2.45) is 0 Å². The first-order valence-corrected chi connectivity index (χ1v) is 13.8. The number of hydrogen-bond donors (Lipinski definition) is 1. The second-order valence-corrected chi connectivity index (χ2v) is 11.5. The SMILES string of the molecule is CCN(C)S(=O)(=O)Nc1ccc(F)c(C(=O)c2cn(C(=O)c3c(Cl)cccc3Cl)c3ncc(Br)cc23)c1F. The number of hydrogen-bond acceptors (Lipinski definition) is 5. The molecule has 0 saturated carbocycles. The average molecular weight is 646 g/mol. The van der Waals surface area contributed by atoms with Gasteiger partial charge in [-0.15, -0.1) is 0 Å². The Hall–Kier alpha value is -2.90. The summed E-state index contributed by atoms with van der Waals surface area (Å²) in [5.74, 6) is -4.54. The predicted molar refractivity (Wildman–Crippen MR) is 144 cm³/mol. The van der Waals surface area contributed by atoms with Crippen molar-refractivity contribution in [2.45, 2.75) is 6.92 Å². The lowest BCUT2D eigenvalue weighted by Crippen LogP contribution is -2.32. The van der Waals surface area contributed by atoms with Crippen LogP contribution in [0.5, 0.6) is 0 Å². The van der Waals surface area contributed by atoms with E-state index < -0.39 is 44.8 Å². The Morgan fingerprint density at radius 2 is 1.79 bits per heavy atom. The van der Waals surface area contributed by atoms with Crippen LogP contribution in [0, 0.1) is 11.6 Å². The number of benzene rings is 2. The van der Waals surface area contributed by atoms with Gasteiger partial charge in [0, 0.05) is 35.8 Å². The summed E-state index contributed by atoms with van der Waals surface area (Å²) in [7, 11) is -2.91. The third-order valence-corrected chi connectivity index (χ3v) is 8.28. The third kappa shape index (κ3) is 5.06. The van der Waals surface area contributed by atoms with Crippen molar-refractivity contribution in [1.82, 2.24) is 13.9 Å². The van der Waals surface area contributed by atoms with Gasteiger partial charge in [0.25, 0.3) is 5.91 Å². The topological polar surface area (TPSA) is 101 Å². The molecule has 4 aromatic rings. The molecule has 0 saturated heterocycles. The predicted octanol–water partition coefficient (Wildman–Crippen LogP) is 5.91. The van der Waals surface area contributed by atoms with Gasteiger partial charge >= 0.3 is 10.2 Å². The molecule has 0 fully saturated rings. The first kappa shape index (κ1) is 28.1. The van der Waals surface area contributed by atoms with Gasteiger partial charge in [0.05, 0.1) is 32.4 Å². The van der Waals surface area contributed by atoms with Crippen molar-refractivity contribution in [3.05, 3.63) is 91.6 Å². The summed E-state index contributed by atoms with van der Waals surface area (Å²) in [6.45, 7) is 1.64. The zero-order valence-electron chi connectivity index (χ0n) is 19.6. The molecule has 8 nitrogen and oxygen atoms in total. The van der Waals surface area contributed by atoms with Crippen LogP contribution in [-0.4, -0.2) is 47.6 Å². The van der Waals surface area contributed by atoms with Gasteiger partial charge in [-0.3, -0.25) is 18.9 Å². The van der Waals surface area contributed by atoms with E-state index in [1.807, 2.05) is 4.72 Å². The van der Waals surface area contributed by atoms with Gasteiger partial charge in [-0.1, -0.05) is 36.2 Å². The Morgan fingerprint density at radius 1 is 1.13 bits per heavy atom. The monoisotopic (exact) mass is 644 g/mol. The smallest absolute Gasteiger partial charge is 0.288 e. The van der Waals surface area contributed by atoms with Crippen LogP contribution >= 0.6 is 39.1 Å². The van der Waals surface area contributed by atoms with Gasteiger partial charge < -0.3 is 0 Å². The molecule has 198 valence electrons. The molecule has 0 aliphatic rings. The van der Waals surface area contributed by atoms with Crippen LogP contribution in [0.3, 0.4) is 0 Å². The lowest BCUT2D eigenvalue weighted by Gasteiger charge is -2.17. The van der Waals surface area contributed by atoms with Crippen LogP contribution in [0.1, 0.15) is 33.2 Å². The van der Waals surface area contributed by atoms with Crippen molar-refractivity contribution in [2.75, 3.05) is 18.3 Å². The van der Waals surface area contributed by atoms with Crippen LogP contribution in [-0.2, 0) is 10.2 Å². The molecular formula is C24H17BrCl2F2N4O4S. The number of pyridine rings is 1. The summed E-state index contributed by atoms with van der Waals surface area (Å²) < 4.78 is 59.4. The molecule has 38 heavy (non-hydrogen) atoms. The molecule has 2 heterocycles. The molecule has 2 aromatic carbocycles. The van der Waals surface area contributed by atoms with E-state index in [1.165, 1.54) is 31.4 Å². The fourth-order valence-corrected chi connectivity index (χ4v) is 5.42. The molecule has 0 radical (unpaired) electrons. The molecule has 0 bridgehead atoms. The highest BCUT2D eigenvalue weighted by Crippen LogP contribution is 2.32. The molecule has 0 aliphatic carbocycles. The van der Waals surface area contributed by atoms with Crippen molar-refractivity contribution in [3.8, 4) is 0 Å². The first-order valence-electron chi connectivity index (χ1n) is 10.8. The number of halogens is 5. The van der Waals surface area contributed by atoms with Crippen LogP contribution in [0.4, 0.5) is 14.5 Å². The van der Waals surface area contributed by atoms with Gasteiger partial charge in [0.1, 0.15) is 11.5 Å². The van der Waals surface area contributed by atoms with E-state index in [0.29, 0.717) is 4.47 Å². The number of rotatable bonds is 7. The van der Waals surface area contributed by atoms with Crippen molar-refractivity contribution in [1.29, 1.82) is 0 Å². The minimum Gasteiger partial charge on any atom is -0.288 e. The lowest BCUT2D eigenvalue weighted by molar-refractivity contribution is 0.0964. The Kier molecular flexibility index (Phi) is 7.91. The second kappa shape index (κ2) is 10.7. The molecule has 2 aromatic heterocycles. The van der Waals surface area contributed by atoms with Crippen molar-refractivity contribution >= 4 is 77.8 Å². The van der Waals surface area contributed by atoms with E-state index in [4.69, 9.17) is 23.2 Å². The first-order chi connectivity index (χ1) is 17.9. The van der Waals surface area contributed by atoms with Crippen molar-refractivity contribution < 1.29 is 26.8 Å². The van der Waals surface area contributed by atoms with Gasteiger partial charge in [-0.05, 0) is 46.3 Å². The van der Waals surface area contributed by atoms with Crippen molar-refractivity contribution in [3.63, 3.8) is 0 Å². The van der Waals surface area contributed by atoms with E-state index >= 15 is 4.39 Å². The number of carbonyl (C=O) groups excluding carboxylic acids is 2. The molecule has 0 unspecified atom stereocenters. The minimum absolute atomic E-state index is 0.000203. The summed E-state index contributed by atoms with van der Waals surface area (Å²) in [5.41, 5.74) is -1.98. The summed E-state index contributed by atoms with van der Waals surface area (Å²) in [6.07, 6.45) is 2.45. The number of fused-ring (bicyclic) bond motifs is 1. The largest absolute Gasteiger partial charge is 0.301 e. The van der Waals surface area contributed by atoms with E-state index in [9.17, 15) is 22.4 Å². The molecular weight excluding hydrogens is 629 g/mol. The van der Waals surface area contributed by atoms with Gasteiger partial charge in [-0.2, -0.15) is 12.7 Å². The normalized spacial score (nSPS) is 11.8. The molecule has 1 N–H and O–H groups in total. The maximum absolute atomic E-state index is 15.4. The fourth-order valence-electron chi connectivity index (χ4n) is 3.60. The Labute approximate surface area is 234 Å². The molecule has 0 atom stereocenters. The molecule has 4 rings (SSSR count). The van der Waals surface area contributed by atoms with E-state index in [0.717, 1.165) is 27.2 Å². The third-order valence-electron chi connectivity index (χ3n) is 5.66. The minimum atomic E-state index is -4.17. The summed E-state index contributed by atoms with van der Waals surface area (Å²) in [4.78, 5) is 31.1. The molecule has 0 aliphatic heterocycles. The Morgan fingerprint density at radius 3 is 2.42 bits per heavy atom. The molecule has 0 spiro atoms. The van der Waals surface area contributed by atoms with Crippen LogP contribution in [0.15, 0.2) is 53.3 Å². The Balaban J connectivity index is 1.89. The van der Waals surface area contributed by atoms with E-state index in [-0.39, 0.29) is 38.8 Å². The number of ketones is 1. The fraction of sp³-hybridized carbons (Fsp3) is 0.125. The number of nitrogens with one attached hydrogen (secondary N) is 1. The number of anilines is 1. The van der Waals surface area contributed by atoms with Crippen LogP contribution in [0.2, 0.25) is 10.0 Å². The highest BCUT2D eigenvalue weighted by Gasteiger charge is 2.29. The maximum Gasteiger partial charge on any atom is 0.301 e. The van der Waals surface area contributed by atoms with Crippen LogP contribution < -0.4 is 4.72 Å². The highest BCUT2D eigenvalue weighted by atomic mass is 79.9. The molecule has 14 heteroatoms. The summed E-state index contributed by atoms with van der Waals surface area (Å²) in [5, 5.41) is 0.184. The second-order valence-electron chi connectivity index (χ2n) is 7.97. The maximum atomic E-state index is 15.4. The van der Waals surface area contributed by atoms with Gasteiger partial charge in [-0.25, -0.2) is 13.8 Å².